The molecule has 0 unspecified atom stereocenters. The molecule has 0 spiro atoms. The fourth-order valence-electron chi connectivity index (χ4n) is 4.72. The molecule has 1 aliphatic heterocycles. The van der Waals surface area contributed by atoms with E-state index in [2.05, 4.69) is 25.6 Å². The lowest BCUT2D eigenvalue weighted by molar-refractivity contribution is -0.137. The van der Waals surface area contributed by atoms with Crippen LogP contribution in [0.15, 0.2) is 73.1 Å². The number of alkyl halides is 3. The first-order chi connectivity index (χ1) is 19.6. The third kappa shape index (κ3) is 7.32. The van der Waals surface area contributed by atoms with Crippen molar-refractivity contribution in [3.05, 3.63) is 94.8 Å². The maximum absolute atomic E-state index is 13.1. The quantitative estimate of drug-likeness (QED) is 0.247. The first-order valence-electron chi connectivity index (χ1n) is 13.2. The summed E-state index contributed by atoms with van der Waals surface area (Å²) in [5, 5.41) is 6.92. The molecule has 0 radical (unpaired) electrons. The summed E-state index contributed by atoms with van der Waals surface area (Å²) >= 11 is 6.21. The van der Waals surface area contributed by atoms with Crippen LogP contribution in [0.5, 0.6) is 0 Å². The molecule has 4 aromatic rings. The van der Waals surface area contributed by atoms with Crippen molar-refractivity contribution in [1.82, 2.24) is 19.9 Å². The van der Waals surface area contributed by atoms with Gasteiger partial charge in [-0.05, 0) is 73.4 Å². The van der Waals surface area contributed by atoms with Crippen molar-refractivity contribution in [2.75, 3.05) is 23.7 Å². The van der Waals surface area contributed by atoms with Gasteiger partial charge in [-0.25, -0.2) is 15.0 Å². The number of nitrogens with one attached hydrogen (secondary N) is 2. The molecule has 4 heterocycles. The molecule has 1 saturated heterocycles. The van der Waals surface area contributed by atoms with Crippen LogP contribution in [0.1, 0.15) is 29.5 Å². The smallest absolute Gasteiger partial charge is 0.367 e. The zero-order chi connectivity index (χ0) is 29.0. The number of aromatic nitrogens is 3. The van der Waals surface area contributed by atoms with Crippen LogP contribution in [0, 0.1) is 6.92 Å². The molecule has 1 aliphatic rings. The highest BCUT2D eigenvalue weighted by Crippen LogP contribution is 2.31. The van der Waals surface area contributed by atoms with E-state index in [4.69, 9.17) is 11.6 Å². The summed E-state index contributed by atoms with van der Waals surface area (Å²) in [6, 6.07) is 16.8. The standard InChI is InChI=1S/C30H28ClF3N6O/c1-19-14-25(38-28(15-19)39-27-17-22(8-11-35-27)30(32,33)34)21-6-7-26(36-18-21)37-23-9-12-40(13-10-23)29(41)16-20-4-2-3-5-24(20)31/h2-8,11,14-15,17-18,23H,9-10,12-13,16H2,1H3,(H,36,37)(H,35,38,39). The molecule has 1 fully saturated rings. The molecule has 2 N–H and O–H groups in total. The Balaban J connectivity index is 1.18. The van der Waals surface area contributed by atoms with Crippen LogP contribution in [0.4, 0.5) is 30.6 Å². The number of hydrogen-bond acceptors (Lipinski definition) is 6. The maximum Gasteiger partial charge on any atom is 0.416 e. The van der Waals surface area contributed by atoms with E-state index in [-0.39, 0.29) is 17.8 Å². The average molecular weight is 581 g/mol. The number of amides is 1. The van der Waals surface area contributed by atoms with Crippen LogP contribution in [-0.2, 0) is 17.4 Å². The van der Waals surface area contributed by atoms with Crippen LogP contribution in [0.2, 0.25) is 5.02 Å². The Labute approximate surface area is 240 Å². The Morgan fingerprint density at radius 2 is 1.78 bits per heavy atom. The van der Waals surface area contributed by atoms with Crippen molar-refractivity contribution >= 4 is 35.0 Å². The molecule has 1 aromatic carbocycles. The molecule has 212 valence electrons. The van der Waals surface area contributed by atoms with Crippen LogP contribution < -0.4 is 10.6 Å². The summed E-state index contributed by atoms with van der Waals surface area (Å²) in [4.78, 5) is 27.7. The van der Waals surface area contributed by atoms with Crippen molar-refractivity contribution in [2.24, 2.45) is 0 Å². The lowest BCUT2D eigenvalue weighted by Gasteiger charge is -2.32. The fourth-order valence-corrected chi connectivity index (χ4v) is 4.92. The summed E-state index contributed by atoms with van der Waals surface area (Å²) in [5.74, 6) is 1.22. The number of rotatable bonds is 7. The lowest BCUT2D eigenvalue weighted by atomic mass is 10.0. The van der Waals surface area contributed by atoms with Crippen LogP contribution in [0.25, 0.3) is 11.3 Å². The number of likely N-dealkylation sites (tertiary alicyclic amines) is 1. The topological polar surface area (TPSA) is 83.0 Å². The number of benzene rings is 1. The number of aryl methyl sites for hydroxylation is 1. The van der Waals surface area contributed by atoms with Gasteiger partial charge in [0.15, 0.2) is 0 Å². The summed E-state index contributed by atoms with van der Waals surface area (Å²) in [5.41, 5.74) is 2.32. The third-order valence-electron chi connectivity index (χ3n) is 6.87. The number of piperidine rings is 1. The number of nitrogens with zero attached hydrogens (tertiary/aromatic N) is 4. The first kappa shape index (κ1) is 28.4. The van der Waals surface area contributed by atoms with Gasteiger partial charge >= 0.3 is 6.18 Å². The number of halogens is 4. The second kappa shape index (κ2) is 12.1. The van der Waals surface area contributed by atoms with Crippen molar-refractivity contribution in [1.29, 1.82) is 0 Å². The molecular formula is C30H28ClF3N6O. The van der Waals surface area contributed by atoms with E-state index >= 15 is 0 Å². The van der Waals surface area contributed by atoms with Gasteiger partial charge < -0.3 is 15.5 Å². The van der Waals surface area contributed by atoms with Crippen molar-refractivity contribution in [2.45, 2.75) is 38.4 Å². The third-order valence-corrected chi connectivity index (χ3v) is 7.24. The predicted molar refractivity (Wildman–Crippen MR) is 153 cm³/mol. The Hall–Kier alpha value is -4.18. The molecule has 0 bridgehead atoms. The van der Waals surface area contributed by atoms with Crippen LogP contribution in [-0.4, -0.2) is 44.9 Å². The molecule has 0 atom stereocenters. The highest BCUT2D eigenvalue weighted by molar-refractivity contribution is 6.31. The van der Waals surface area contributed by atoms with Crippen molar-refractivity contribution < 1.29 is 18.0 Å². The van der Waals surface area contributed by atoms with Gasteiger partial charge in [0.2, 0.25) is 5.91 Å². The molecule has 5 rings (SSSR count). The Morgan fingerprint density at radius 3 is 2.49 bits per heavy atom. The Morgan fingerprint density at radius 1 is 1.00 bits per heavy atom. The molecule has 11 heteroatoms. The predicted octanol–water partition coefficient (Wildman–Crippen LogP) is 6.91. The van der Waals surface area contributed by atoms with Gasteiger partial charge in [0.1, 0.15) is 17.5 Å². The van der Waals surface area contributed by atoms with Crippen molar-refractivity contribution in [3.8, 4) is 11.3 Å². The zero-order valence-electron chi connectivity index (χ0n) is 22.3. The molecule has 3 aromatic heterocycles. The molecular weight excluding hydrogens is 553 g/mol. The second-order valence-electron chi connectivity index (χ2n) is 9.97. The van der Waals surface area contributed by atoms with Gasteiger partial charge in [-0.1, -0.05) is 29.8 Å². The fraction of sp³-hybridized carbons (Fsp3) is 0.267. The molecule has 1 amide bonds. The van der Waals surface area contributed by atoms with E-state index in [1.165, 1.54) is 0 Å². The SMILES string of the molecule is Cc1cc(Nc2cc(C(F)(F)F)ccn2)nc(-c2ccc(NC3CCN(C(=O)Cc4ccccc4Cl)CC3)nc2)c1. The van der Waals surface area contributed by atoms with Gasteiger partial charge in [0.05, 0.1) is 17.7 Å². The van der Waals surface area contributed by atoms with E-state index in [1.54, 1.807) is 18.3 Å². The van der Waals surface area contributed by atoms with Crippen LogP contribution in [0.3, 0.4) is 0 Å². The summed E-state index contributed by atoms with van der Waals surface area (Å²) in [6.07, 6.45) is 0.253. The monoisotopic (exact) mass is 580 g/mol. The minimum atomic E-state index is -4.46. The second-order valence-corrected chi connectivity index (χ2v) is 10.4. The van der Waals surface area contributed by atoms with Crippen LogP contribution >= 0.6 is 11.6 Å². The lowest BCUT2D eigenvalue weighted by Crippen LogP contribution is -2.43. The van der Waals surface area contributed by atoms with E-state index in [0.29, 0.717) is 41.9 Å². The molecule has 0 aliphatic carbocycles. The number of pyridine rings is 3. The first-order valence-corrected chi connectivity index (χ1v) is 13.5. The Bertz CT molecular complexity index is 1520. The molecule has 7 nitrogen and oxygen atoms in total. The van der Waals surface area contributed by atoms with Crippen molar-refractivity contribution in [3.63, 3.8) is 0 Å². The molecule has 41 heavy (non-hydrogen) atoms. The highest BCUT2D eigenvalue weighted by atomic mass is 35.5. The summed E-state index contributed by atoms with van der Waals surface area (Å²) in [7, 11) is 0. The minimum Gasteiger partial charge on any atom is -0.367 e. The minimum absolute atomic E-state index is 0.0539. The van der Waals surface area contributed by atoms with Gasteiger partial charge in [0.25, 0.3) is 0 Å². The van der Waals surface area contributed by atoms with Gasteiger partial charge in [-0.15, -0.1) is 0 Å². The van der Waals surface area contributed by atoms with E-state index < -0.39 is 11.7 Å². The number of carbonyl (C=O) groups is 1. The molecule has 0 saturated carbocycles. The largest absolute Gasteiger partial charge is 0.416 e. The normalized spacial score (nSPS) is 14.1. The summed E-state index contributed by atoms with van der Waals surface area (Å²) in [6.45, 7) is 3.19. The van der Waals surface area contributed by atoms with Gasteiger partial charge in [0, 0.05) is 42.1 Å². The zero-order valence-corrected chi connectivity index (χ0v) is 23.0. The number of carbonyl (C=O) groups excluding carboxylic acids is 1. The summed E-state index contributed by atoms with van der Waals surface area (Å²) < 4.78 is 39.2. The number of anilines is 3. The Kier molecular flexibility index (Phi) is 8.39. The average Bonchev–Trinajstić information content (AvgIpc) is 2.94. The van der Waals surface area contributed by atoms with Gasteiger partial charge in [-0.2, -0.15) is 13.2 Å². The van der Waals surface area contributed by atoms with E-state index in [1.807, 2.05) is 48.2 Å². The van der Waals surface area contributed by atoms with E-state index in [9.17, 15) is 18.0 Å². The van der Waals surface area contributed by atoms with Gasteiger partial charge in [-0.3, -0.25) is 4.79 Å². The maximum atomic E-state index is 13.1. The highest BCUT2D eigenvalue weighted by Gasteiger charge is 2.30. The van der Waals surface area contributed by atoms with E-state index in [0.717, 1.165) is 47.9 Å². The number of hydrogen-bond donors (Lipinski definition) is 2.